The molecule has 0 bridgehead atoms. The molecule has 0 spiro atoms. The standard InChI is InChI=1S/C14H17BrO2/c1-8-9(2)14(10(8)3,13(16)17)11-4-6-12(15)7-5-11/h4-10H,1-3H3,(H,16,17). The molecule has 1 aromatic carbocycles. The Bertz CT molecular complexity index is 428. The van der Waals surface area contributed by atoms with Crippen LogP contribution in [-0.2, 0) is 10.2 Å². The van der Waals surface area contributed by atoms with Crippen LogP contribution in [0.3, 0.4) is 0 Å². The topological polar surface area (TPSA) is 37.3 Å². The summed E-state index contributed by atoms with van der Waals surface area (Å²) in [7, 11) is 0. The van der Waals surface area contributed by atoms with Crippen molar-refractivity contribution >= 4 is 21.9 Å². The monoisotopic (exact) mass is 296 g/mol. The molecular weight excluding hydrogens is 280 g/mol. The van der Waals surface area contributed by atoms with Crippen molar-refractivity contribution in [3.63, 3.8) is 0 Å². The number of hydrogen-bond acceptors (Lipinski definition) is 1. The number of benzene rings is 1. The summed E-state index contributed by atoms with van der Waals surface area (Å²) >= 11 is 3.38. The van der Waals surface area contributed by atoms with E-state index in [1.807, 2.05) is 38.1 Å². The van der Waals surface area contributed by atoms with Gasteiger partial charge in [0.2, 0.25) is 0 Å². The Morgan fingerprint density at radius 1 is 1.18 bits per heavy atom. The predicted octanol–water partition coefficient (Wildman–Crippen LogP) is 3.69. The van der Waals surface area contributed by atoms with Crippen LogP contribution in [0.15, 0.2) is 28.7 Å². The molecule has 0 amide bonds. The zero-order chi connectivity index (χ0) is 12.8. The number of carboxylic acids is 1. The molecule has 0 heterocycles. The molecule has 1 fully saturated rings. The minimum atomic E-state index is -0.708. The minimum Gasteiger partial charge on any atom is -0.481 e. The fourth-order valence-corrected chi connectivity index (χ4v) is 3.59. The van der Waals surface area contributed by atoms with Crippen molar-refractivity contribution in [1.29, 1.82) is 0 Å². The Labute approximate surface area is 110 Å². The van der Waals surface area contributed by atoms with Crippen molar-refractivity contribution in [3.05, 3.63) is 34.3 Å². The first-order valence-electron chi connectivity index (χ1n) is 5.91. The summed E-state index contributed by atoms with van der Waals surface area (Å²) in [6, 6.07) is 7.69. The zero-order valence-electron chi connectivity index (χ0n) is 10.3. The normalized spacial score (nSPS) is 36.4. The van der Waals surface area contributed by atoms with E-state index in [4.69, 9.17) is 0 Å². The summed E-state index contributed by atoms with van der Waals surface area (Å²) in [5.74, 6) is 0.111. The van der Waals surface area contributed by atoms with Gasteiger partial charge >= 0.3 is 5.97 Å². The first-order valence-corrected chi connectivity index (χ1v) is 6.71. The van der Waals surface area contributed by atoms with Crippen LogP contribution in [0, 0.1) is 17.8 Å². The third-order valence-electron chi connectivity index (χ3n) is 4.69. The molecule has 92 valence electrons. The van der Waals surface area contributed by atoms with Gasteiger partial charge in [-0.1, -0.05) is 48.8 Å². The molecule has 0 aliphatic heterocycles. The number of carboxylic acid groups (broad SMARTS) is 1. The van der Waals surface area contributed by atoms with Gasteiger partial charge in [-0.15, -0.1) is 0 Å². The van der Waals surface area contributed by atoms with Crippen molar-refractivity contribution in [2.45, 2.75) is 26.2 Å². The van der Waals surface area contributed by atoms with Crippen molar-refractivity contribution in [2.75, 3.05) is 0 Å². The Hall–Kier alpha value is -0.830. The molecule has 1 aromatic rings. The molecule has 3 heteroatoms. The molecule has 2 unspecified atom stereocenters. The highest BCUT2D eigenvalue weighted by Crippen LogP contribution is 2.57. The summed E-state index contributed by atoms with van der Waals surface area (Å²) in [5, 5.41) is 9.65. The lowest BCUT2D eigenvalue weighted by atomic mass is 9.46. The maximum atomic E-state index is 11.7. The molecule has 0 saturated heterocycles. The van der Waals surface area contributed by atoms with Crippen LogP contribution in [-0.4, -0.2) is 11.1 Å². The van der Waals surface area contributed by atoms with Crippen LogP contribution in [0.1, 0.15) is 26.3 Å². The van der Waals surface area contributed by atoms with Crippen molar-refractivity contribution in [1.82, 2.24) is 0 Å². The number of carbonyl (C=O) groups is 1. The highest BCUT2D eigenvalue weighted by Gasteiger charge is 2.61. The van der Waals surface area contributed by atoms with Crippen molar-refractivity contribution in [2.24, 2.45) is 17.8 Å². The molecule has 2 rings (SSSR count). The van der Waals surface area contributed by atoms with Crippen LogP contribution in [0.25, 0.3) is 0 Å². The van der Waals surface area contributed by atoms with E-state index in [0.29, 0.717) is 5.92 Å². The number of halogens is 1. The van der Waals surface area contributed by atoms with E-state index in [2.05, 4.69) is 22.9 Å². The maximum absolute atomic E-state index is 11.7. The molecule has 1 aliphatic rings. The average molecular weight is 297 g/mol. The molecule has 2 atom stereocenters. The van der Waals surface area contributed by atoms with Gasteiger partial charge < -0.3 is 5.11 Å². The largest absolute Gasteiger partial charge is 0.481 e. The second kappa shape index (κ2) is 4.13. The van der Waals surface area contributed by atoms with Gasteiger partial charge in [0.25, 0.3) is 0 Å². The molecule has 0 radical (unpaired) electrons. The molecular formula is C14H17BrO2. The Balaban J connectivity index is 2.50. The molecule has 1 aliphatic carbocycles. The molecule has 1 N–H and O–H groups in total. The highest BCUT2D eigenvalue weighted by molar-refractivity contribution is 9.10. The molecule has 2 nitrogen and oxygen atoms in total. The maximum Gasteiger partial charge on any atom is 0.314 e. The molecule has 1 saturated carbocycles. The minimum absolute atomic E-state index is 0.177. The quantitative estimate of drug-likeness (QED) is 0.904. The van der Waals surface area contributed by atoms with Gasteiger partial charge in [-0.25, -0.2) is 0 Å². The lowest BCUT2D eigenvalue weighted by Gasteiger charge is -2.56. The van der Waals surface area contributed by atoms with Crippen LogP contribution >= 0.6 is 15.9 Å². The summed E-state index contributed by atoms with van der Waals surface area (Å²) in [4.78, 5) is 11.7. The van der Waals surface area contributed by atoms with Crippen molar-refractivity contribution in [3.8, 4) is 0 Å². The summed E-state index contributed by atoms with van der Waals surface area (Å²) in [5.41, 5.74) is 0.214. The predicted molar refractivity (Wildman–Crippen MR) is 70.9 cm³/mol. The number of rotatable bonds is 2. The van der Waals surface area contributed by atoms with Crippen LogP contribution in [0.5, 0.6) is 0 Å². The van der Waals surface area contributed by atoms with Crippen molar-refractivity contribution < 1.29 is 9.90 Å². The van der Waals surface area contributed by atoms with E-state index in [9.17, 15) is 9.90 Å². The van der Waals surface area contributed by atoms with Gasteiger partial charge in [-0.2, -0.15) is 0 Å². The van der Waals surface area contributed by atoms with Gasteiger partial charge in [0, 0.05) is 4.47 Å². The number of aliphatic carboxylic acids is 1. The van der Waals surface area contributed by atoms with Crippen LogP contribution in [0.2, 0.25) is 0 Å². The van der Waals surface area contributed by atoms with E-state index in [1.165, 1.54) is 0 Å². The Morgan fingerprint density at radius 3 is 2.06 bits per heavy atom. The second-order valence-electron chi connectivity index (χ2n) is 5.12. The molecule has 0 aromatic heterocycles. The lowest BCUT2D eigenvalue weighted by molar-refractivity contribution is -0.162. The van der Waals surface area contributed by atoms with E-state index in [-0.39, 0.29) is 11.8 Å². The number of hydrogen-bond donors (Lipinski definition) is 1. The second-order valence-corrected chi connectivity index (χ2v) is 6.03. The zero-order valence-corrected chi connectivity index (χ0v) is 11.9. The summed E-state index contributed by atoms with van der Waals surface area (Å²) < 4.78 is 0.981. The van der Waals surface area contributed by atoms with Gasteiger partial charge in [0.1, 0.15) is 0 Å². The van der Waals surface area contributed by atoms with Gasteiger partial charge in [0.15, 0.2) is 0 Å². The van der Waals surface area contributed by atoms with Gasteiger partial charge in [-0.3, -0.25) is 4.79 Å². The average Bonchev–Trinajstić information content (AvgIpc) is 2.31. The van der Waals surface area contributed by atoms with E-state index in [0.717, 1.165) is 10.0 Å². The lowest BCUT2D eigenvalue weighted by Crippen LogP contribution is -2.61. The van der Waals surface area contributed by atoms with Crippen LogP contribution < -0.4 is 0 Å². The highest BCUT2D eigenvalue weighted by atomic mass is 79.9. The van der Waals surface area contributed by atoms with Crippen LogP contribution in [0.4, 0.5) is 0 Å². The fourth-order valence-electron chi connectivity index (χ4n) is 3.32. The Morgan fingerprint density at radius 2 is 1.65 bits per heavy atom. The first-order chi connectivity index (χ1) is 7.92. The Kier molecular flexibility index (Phi) is 3.06. The fraction of sp³-hybridized carbons (Fsp3) is 0.500. The van der Waals surface area contributed by atoms with E-state index in [1.54, 1.807) is 0 Å². The summed E-state index contributed by atoms with van der Waals surface area (Å²) in [6.07, 6.45) is 0. The SMILES string of the molecule is CC1C(C)C(C(=O)O)(c2ccc(Br)cc2)C1C. The first kappa shape index (κ1) is 12.6. The molecule has 17 heavy (non-hydrogen) atoms. The third-order valence-corrected chi connectivity index (χ3v) is 5.22. The van der Waals surface area contributed by atoms with E-state index < -0.39 is 11.4 Å². The van der Waals surface area contributed by atoms with E-state index >= 15 is 0 Å². The van der Waals surface area contributed by atoms with Gasteiger partial charge in [-0.05, 0) is 35.4 Å². The third kappa shape index (κ3) is 1.55. The smallest absolute Gasteiger partial charge is 0.314 e. The van der Waals surface area contributed by atoms with Gasteiger partial charge in [0.05, 0.1) is 5.41 Å². The summed E-state index contributed by atoms with van der Waals surface area (Å²) in [6.45, 7) is 6.22.